The minimum absolute atomic E-state index is 0.560. The van der Waals surface area contributed by atoms with E-state index in [1.54, 1.807) is 0 Å². The van der Waals surface area contributed by atoms with Crippen LogP contribution in [0.15, 0.2) is 0 Å². The molecule has 0 heterocycles. The third kappa shape index (κ3) is 36.1. The van der Waals surface area contributed by atoms with Gasteiger partial charge in [0.25, 0.3) is 0 Å². The maximum absolute atomic E-state index is 11.8. The van der Waals surface area contributed by atoms with E-state index in [2.05, 4.69) is 13.8 Å². The van der Waals surface area contributed by atoms with E-state index in [1.165, 1.54) is 193 Å². The zero-order valence-corrected chi connectivity index (χ0v) is 28.5. The van der Waals surface area contributed by atoms with Crippen LogP contribution in [-0.4, -0.2) is 17.4 Å². The number of unbranched alkanes of at least 4 members (excludes halogenated alkanes) is 30. The molecule has 0 fully saturated rings. The highest BCUT2D eigenvalue weighted by Crippen LogP contribution is 2.15. The van der Waals surface area contributed by atoms with Crippen molar-refractivity contribution in [3.05, 3.63) is 0 Å². The lowest BCUT2D eigenvalue weighted by Gasteiger charge is -2.05. The van der Waals surface area contributed by atoms with E-state index in [0.717, 1.165) is 12.8 Å². The molecule has 0 bridgehead atoms. The van der Waals surface area contributed by atoms with Gasteiger partial charge in [-0.3, -0.25) is 8.37 Å². The molecule has 0 saturated carbocycles. The van der Waals surface area contributed by atoms with Gasteiger partial charge < -0.3 is 0 Å². The SMILES string of the molecule is CCCCCCCCCCCCCCCCCCOS(=O)OCCCCCCCCCCCCCCCCCC. The van der Waals surface area contributed by atoms with E-state index in [1.807, 2.05) is 0 Å². The summed E-state index contributed by atoms with van der Waals surface area (Å²) in [4.78, 5) is 0. The second-order valence-electron chi connectivity index (χ2n) is 12.5. The Morgan fingerprint density at radius 2 is 0.475 bits per heavy atom. The van der Waals surface area contributed by atoms with Crippen LogP contribution in [0.5, 0.6) is 0 Å². The van der Waals surface area contributed by atoms with Crippen LogP contribution in [0.3, 0.4) is 0 Å². The van der Waals surface area contributed by atoms with Crippen LogP contribution in [-0.2, 0) is 19.7 Å². The minimum atomic E-state index is -1.56. The Hall–Kier alpha value is 0.0700. The monoisotopic (exact) mass is 587 g/mol. The lowest BCUT2D eigenvalue weighted by Crippen LogP contribution is -2.05. The van der Waals surface area contributed by atoms with E-state index in [0.29, 0.717) is 13.2 Å². The van der Waals surface area contributed by atoms with Crippen molar-refractivity contribution in [3.8, 4) is 0 Å². The Morgan fingerprint density at radius 3 is 0.675 bits per heavy atom. The molecule has 0 atom stereocenters. The molecule has 0 radical (unpaired) electrons. The molecule has 40 heavy (non-hydrogen) atoms. The Kier molecular flexibility index (Phi) is 37.2. The molecule has 0 saturated heterocycles. The summed E-state index contributed by atoms with van der Waals surface area (Å²) in [6, 6.07) is 0. The summed E-state index contributed by atoms with van der Waals surface area (Å²) in [5, 5.41) is 0. The molecule has 3 nitrogen and oxygen atoms in total. The second-order valence-corrected chi connectivity index (χ2v) is 13.3. The quantitative estimate of drug-likeness (QED) is 0.0685. The average Bonchev–Trinajstić information content (AvgIpc) is 2.96. The van der Waals surface area contributed by atoms with Gasteiger partial charge in [-0.2, -0.15) is 4.21 Å². The van der Waals surface area contributed by atoms with Gasteiger partial charge in [0.1, 0.15) is 0 Å². The molecule has 0 aliphatic carbocycles. The Balaban J connectivity index is 3.14. The molecule has 0 spiro atoms. The van der Waals surface area contributed by atoms with Gasteiger partial charge in [-0.15, -0.1) is 0 Å². The van der Waals surface area contributed by atoms with Gasteiger partial charge in [-0.1, -0.05) is 206 Å². The normalized spacial score (nSPS) is 11.7. The maximum Gasteiger partial charge on any atom is 0.304 e. The molecular weight excluding hydrogens is 512 g/mol. The van der Waals surface area contributed by atoms with Gasteiger partial charge in [-0.25, -0.2) is 0 Å². The zero-order valence-electron chi connectivity index (χ0n) is 27.7. The molecule has 0 amide bonds. The van der Waals surface area contributed by atoms with Crippen molar-refractivity contribution in [1.82, 2.24) is 0 Å². The van der Waals surface area contributed by atoms with E-state index in [9.17, 15) is 4.21 Å². The lowest BCUT2D eigenvalue weighted by molar-refractivity contribution is 0.240. The van der Waals surface area contributed by atoms with E-state index in [-0.39, 0.29) is 0 Å². The topological polar surface area (TPSA) is 35.5 Å². The summed E-state index contributed by atoms with van der Waals surface area (Å²) in [6.45, 7) is 5.70. The van der Waals surface area contributed by atoms with Crippen molar-refractivity contribution in [1.29, 1.82) is 0 Å². The maximum atomic E-state index is 11.8. The number of rotatable bonds is 36. The molecule has 4 heteroatoms. The molecule has 0 unspecified atom stereocenters. The molecule has 0 aliphatic rings. The first-order valence-electron chi connectivity index (χ1n) is 18.5. The van der Waals surface area contributed by atoms with Gasteiger partial charge in [0.15, 0.2) is 0 Å². The first-order valence-corrected chi connectivity index (χ1v) is 19.5. The number of hydrogen-bond acceptors (Lipinski definition) is 3. The van der Waals surface area contributed by atoms with Crippen molar-refractivity contribution in [2.24, 2.45) is 0 Å². The van der Waals surface area contributed by atoms with Crippen LogP contribution in [0.2, 0.25) is 0 Å². The van der Waals surface area contributed by atoms with Crippen molar-refractivity contribution < 1.29 is 12.6 Å². The average molecular weight is 587 g/mol. The van der Waals surface area contributed by atoms with Gasteiger partial charge >= 0.3 is 11.4 Å². The smallest absolute Gasteiger partial charge is 0.268 e. The van der Waals surface area contributed by atoms with Gasteiger partial charge in [-0.05, 0) is 12.8 Å². The van der Waals surface area contributed by atoms with Crippen molar-refractivity contribution in [2.75, 3.05) is 13.2 Å². The molecular formula is C36H74O3S. The first kappa shape index (κ1) is 40.1. The molecule has 0 N–H and O–H groups in total. The summed E-state index contributed by atoms with van der Waals surface area (Å²) in [7, 11) is 0. The highest BCUT2D eigenvalue weighted by atomic mass is 32.2. The molecule has 242 valence electrons. The molecule has 0 aromatic carbocycles. The van der Waals surface area contributed by atoms with Crippen LogP contribution in [0.1, 0.15) is 219 Å². The molecule has 0 aromatic heterocycles. The standard InChI is InChI=1S/C36H74O3S/c1-3-5-7-9-11-13-15-17-19-21-23-25-27-29-31-33-35-38-40(37)39-36-34-32-30-28-26-24-22-20-18-16-14-12-10-8-6-4-2/h3-36H2,1-2H3. The van der Waals surface area contributed by atoms with Gasteiger partial charge in [0.05, 0.1) is 13.2 Å². The summed E-state index contributed by atoms with van der Waals surface area (Å²) >= 11 is -1.56. The van der Waals surface area contributed by atoms with Gasteiger partial charge in [0, 0.05) is 0 Å². The molecule has 0 aromatic rings. The summed E-state index contributed by atoms with van der Waals surface area (Å²) < 4.78 is 22.5. The van der Waals surface area contributed by atoms with Gasteiger partial charge in [0.2, 0.25) is 0 Å². The van der Waals surface area contributed by atoms with Crippen LogP contribution in [0, 0.1) is 0 Å². The third-order valence-corrected chi connectivity index (χ3v) is 9.07. The van der Waals surface area contributed by atoms with E-state index >= 15 is 0 Å². The fourth-order valence-electron chi connectivity index (χ4n) is 5.59. The fourth-order valence-corrected chi connectivity index (χ4v) is 6.16. The Bertz CT molecular complexity index is 431. The summed E-state index contributed by atoms with van der Waals surface area (Å²) in [6.07, 6.45) is 43.6. The first-order chi connectivity index (χ1) is 19.8. The minimum Gasteiger partial charge on any atom is -0.268 e. The zero-order chi connectivity index (χ0) is 29.0. The van der Waals surface area contributed by atoms with E-state index in [4.69, 9.17) is 8.37 Å². The van der Waals surface area contributed by atoms with Crippen molar-refractivity contribution in [3.63, 3.8) is 0 Å². The van der Waals surface area contributed by atoms with Crippen LogP contribution in [0.4, 0.5) is 0 Å². The molecule has 0 rings (SSSR count). The number of hydrogen-bond donors (Lipinski definition) is 0. The molecule has 0 aliphatic heterocycles. The predicted molar refractivity (Wildman–Crippen MR) is 179 cm³/mol. The van der Waals surface area contributed by atoms with Crippen molar-refractivity contribution in [2.45, 2.75) is 219 Å². The highest BCUT2D eigenvalue weighted by Gasteiger charge is 2.02. The highest BCUT2D eigenvalue weighted by molar-refractivity contribution is 7.75. The van der Waals surface area contributed by atoms with Crippen molar-refractivity contribution >= 4 is 11.4 Å². The van der Waals surface area contributed by atoms with Crippen LogP contribution >= 0.6 is 0 Å². The largest absolute Gasteiger partial charge is 0.304 e. The fraction of sp³-hybridized carbons (Fsp3) is 1.00. The van der Waals surface area contributed by atoms with Crippen LogP contribution in [0.25, 0.3) is 0 Å². The Morgan fingerprint density at radius 1 is 0.300 bits per heavy atom. The second kappa shape index (κ2) is 37.1. The summed E-state index contributed by atoms with van der Waals surface area (Å²) in [5.74, 6) is 0. The summed E-state index contributed by atoms with van der Waals surface area (Å²) in [5.41, 5.74) is 0. The lowest BCUT2D eigenvalue weighted by atomic mass is 10.0. The third-order valence-electron chi connectivity index (χ3n) is 8.35. The predicted octanol–water partition coefficient (Wildman–Crippen LogP) is 13.1. The van der Waals surface area contributed by atoms with Crippen LogP contribution < -0.4 is 0 Å². The Labute approximate surface area is 256 Å². The van der Waals surface area contributed by atoms with E-state index < -0.39 is 11.4 Å².